The molecule has 0 bridgehead atoms. The third kappa shape index (κ3) is 3.93. The van der Waals surface area contributed by atoms with Crippen molar-refractivity contribution in [2.75, 3.05) is 6.54 Å². The Morgan fingerprint density at radius 2 is 1.81 bits per heavy atom. The van der Waals surface area contributed by atoms with Crippen molar-refractivity contribution in [3.63, 3.8) is 0 Å². The van der Waals surface area contributed by atoms with E-state index in [-0.39, 0.29) is 0 Å². The monoisotopic (exact) mass is 221 g/mol. The highest BCUT2D eigenvalue weighted by Gasteiger charge is 2.21. The van der Waals surface area contributed by atoms with Crippen LogP contribution in [0.1, 0.15) is 58.8 Å². The maximum atomic E-state index is 3.64. The van der Waals surface area contributed by atoms with E-state index < -0.39 is 0 Å². The minimum atomic E-state index is 0.848. The molecule has 2 aliphatic rings. The van der Waals surface area contributed by atoms with E-state index in [1.807, 2.05) is 0 Å². The maximum Gasteiger partial charge on any atom is 0.0167 e. The van der Waals surface area contributed by atoms with Crippen LogP contribution in [-0.2, 0) is 0 Å². The highest BCUT2D eigenvalue weighted by atomic mass is 14.9. The van der Waals surface area contributed by atoms with Gasteiger partial charge in [0.2, 0.25) is 0 Å². The molecule has 0 unspecified atom stereocenters. The molecule has 16 heavy (non-hydrogen) atoms. The highest BCUT2D eigenvalue weighted by molar-refractivity contribution is 5.07. The van der Waals surface area contributed by atoms with Gasteiger partial charge in [0, 0.05) is 12.6 Å². The summed E-state index contributed by atoms with van der Waals surface area (Å²) in [6.07, 6.45) is 12.3. The second kappa shape index (κ2) is 5.86. The fourth-order valence-corrected chi connectivity index (χ4v) is 2.65. The Balaban J connectivity index is 1.76. The number of hydrogen-bond donors (Lipinski definition) is 1. The summed E-state index contributed by atoms with van der Waals surface area (Å²) in [5.41, 5.74) is 1.64. The van der Waals surface area contributed by atoms with Crippen LogP contribution in [0.25, 0.3) is 0 Å². The molecule has 0 aromatic heterocycles. The second-order valence-corrected chi connectivity index (χ2v) is 5.85. The van der Waals surface area contributed by atoms with Crippen molar-refractivity contribution in [3.8, 4) is 0 Å². The molecule has 0 saturated heterocycles. The van der Waals surface area contributed by atoms with E-state index in [4.69, 9.17) is 0 Å². The fourth-order valence-electron chi connectivity index (χ4n) is 2.65. The Morgan fingerprint density at radius 1 is 1.12 bits per heavy atom. The molecule has 1 N–H and O–H groups in total. The molecule has 0 heterocycles. The molecular formula is C15H27N. The van der Waals surface area contributed by atoms with Crippen LogP contribution in [0.2, 0.25) is 0 Å². The topological polar surface area (TPSA) is 12.0 Å². The molecule has 0 atom stereocenters. The van der Waals surface area contributed by atoms with Gasteiger partial charge in [0.25, 0.3) is 0 Å². The van der Waals surface area contributed by atoms with E-state index in [1.54, 1.807) is 5.57 Å². The van der Waals surface area contributed by atoms with E-state index in [0.29, 0.717) is 0 Å². The Labute approximate surface area is 101 Å². The number of allylic oxidation sites excluding steroid dienone is 1. The summed E-state index contributed by atoms with van der Waals surface area (Å²) in [4.78, 5) is 0. The summed E-state index contributed by atoms with van der Waals surface area (Å²) < 4.78 is 0. The SMILES string of the molecule is CCC(=CC1CCC(C)CC1)CNC1CC1. The maximum absolute atomic E-state index is 3.64. The molecule has 2 aliphatic carbocycles. The molecule has 1 heteroatoms. The van der Waals surface area contributed by atoms with Crippen molar-refractivity contribution in [2.45, 2.75) is 64.8 Å². The van der Waals surface area contributed by atoms with E-state index in [2.05, 4.69) is 25.2 Å². The number of rotatable bonds is 5. The lowest BCUT2D eigenvalue weighted by molar-refractivity contribution is 0.329. The van der Waals surface area contributed by atoms with Crippen LogP contribution < -0.4 is 5.32 Å². The van der Waals surface area contributed by atoms with Crippen LogP contribution in [0.3, 0.4) is 0 Å². The minimum Gasteiger partial charge on any atom is -0.310 e. The molecule has 0 aromatic carbocycles. The first-order valence-corrected chi connectivity index (χ1v) is 7.21. The van der Waals surface area contributed by atoms with Crippen LogP contribution in [0.15, 0.2) is 11.6 Å². The van der Waals surface area contributed by atoms with Gasteiger partial charge in [-0.1, -0.05) is 38.3 Å². The first kappa shape index (κ1) is 12.2. The molecule has 2 rings (SSSR count). The van der Waals surface area contributed by atoms with Crippen LogP contribution in [0.4, 0.5) is 0 Å². The third-order valence-electron chi connectivity index (χ3n) is 4.18. The van der Waals surface area contributed by atoms with E-state index in [9.17, 15) is 0 Å². The molecule has 0 radical (unpaired) electrons. The molecule has 1 nitrogen and oxygen atoms in total. The lowest BCUT2D eigenvalue weighted by Gasteiger charge is -2.24. The van der Waals surface area contributed by atoms with Crippen molar-refractivity contribution < 1.29 is 0 Å². The van der Waals surface area contributed by atoms with E-state index in [0.717, 1.165) is 24.4 Å². The van der Waals surface area contributed by atoms with Crippen molar-refractivity contribution in [2.24, 2.45) is 11.8 Å². The van der Waals surface area contributed by atoms with Gasteiger partial charge in [-0.25, -0.2) is 0 Å². The van der Waals surface area contributed by atoms with Gasteiger partial charge in [-0.05, 0) is 43.9 Å². The molecule has 2 fully saturated rings. The van der Waals surface area contributed by atoms with Crippen LogP contribution >= 0.6 is 0 Å². The largest absolute Gasteiger partial charge is 0.310 e. The first-order valence-electron chi connectivity index (χ1n) is 7.21. The van der Waals surface area contributed by atoms with Crippen molar-refractivity contribution in [1.82, 2.24) is 5.32 Å². The predicted octanol–water partition coefficient (Wildman–Crippen LogP) is 3.90. The number of hydrogen-bond acceptors (Lipinski definition) is 1. The zero-order valence-corrected chi connectivity index (χ0v) is 11.0. The molecule has 0 aromatic rings. The normalized spacial score (nSPS) is 31.8. The van der Waals surface area contributed by atoms with Crippen molar-refractivity contribution >= 4 is 0 Å². The van der Waals surface area contributed by atoms with Gasteiger partial charge < -0.3 is 5.32 Å². The molecular weight excluding hydrogens is 194 g/mol. The fraction of sp³-hybridized carbons (Fsp3) is 0.867. The quantitative estimate of drug-likeness (QED) is 0.694. The molecule has 0 aliphatic heterocycles. The Hall–Kier alpha value is -0.300. The number of nitrogens with one attached hydrogen (secondary N) is 1. The van der Waals surface area contributed by atoms with E-state index in [1.165, 1.54) is 44.9 Å². The van der Waals surface area contributed by atoms with Crippen LogP contribution in [0.5, 0.6) is 0 Å². The predicted molar refractivity (Wildman–Crippen MR) is 70.5 cm³/mol. The lowest BCUT2D eigenvalue weighted by atomic mass is 9.82. The first-order chi connectivity index (χ1) is 7.78. The smallest absolute Gasteiger partial charge is 0.0167 e. The third-order valence-corrected chi connectivity index (χ3v) is 4.18. The summed E-state index contributed by atoms with van der Waals surface area (Å²) in [5, 5.41) is 3.64. The lowest BCUT2D eigenvalue weighted by Crippen LogP contribution is -2.20. The van der Waals surface area contributed by atoms with Gasteiger partial charge in [0.1, 0.15) is 0 Å². The average molecular weight is 221 g/mol. The Morgan fingerprint density at radius 3 is 2.38 bits per heavy atom. The van der Waals surface area contributed by atoms with Crippen molar-refractivity contribution in [3.05, 3.63) is 11.6 Å². The molecule has 92 valence electrons. The van der Waals surface area contributed by atoms with Gasteiger partial charge >= 0.3 is 0 Å². The molecule has 2 saturated carbocycles. The van der Waals surface area contributed by atoms with Crippen LogP contribution in [-0.4, -0.2) is 12.6 Å². The summed E-state index contributed by atoms with van der Waals surface area (Å²) in [6.45, 7) is 5.84. The summed E-state index contributed by atoms with van der Waals surface area (Å²) in [7, 11) is 0. The second-order valence-electron chi connectivity index (χ2n) is 5.85. The van der Waals surface area contributed by atoms with Crippen LogP contribution in [0, 0.1) is 11.8 Å². The zero-order chi connectivity index (χ0) is 11.4. The molecule has 0 amide bonds. The summed E-state index contributed by atoms with van der Waals surface area (Å²) >= 11 is 0. The van der Waals surface area contributed by atoms with Gasteiger partial charge in [0.05, 0.1) is 0 Å². The highest BCUT2D eigenvalue weighted by Crippen LogP contribution is 2.30. The minimum absolute atomic E-state index is 0.848. The Bertz CT molecular complexity index is 232. The summed E-state index contributed by atoms with van der Waals surface area (Å²) in [5.74, 6) is 1.85. The standard InChI is InChI=1S/C15H27N/c1-3-13(11-16-15-8-9-15)10-14-6-4-12(2)5-7-14/h10,12,14-16H,3-9,11H2,1-2H3. The van der Waals surface area contributed by atoms with Gasteiger partial charge in [0.15, 0.2) is 0 Å². The van der Waals surface area contributed by atoms with Gasteiger partial charge in [-0.2, -0.15) is 0 Å². The zero-order valence-electron chi connectivity index (χ0n) is 11.0. The Kier molecular flexibility index (Phi) is 4.45. The van der Waals surface area contributed by atoms with E-state index >= 15 is 0 Å². The van der Waals surface area contributed by atoms with Gasteiger partial charge in [-0.15, -0.1) is 0 Å². The van der Waals surface area contributed by atoms with Crippen molar-refractivity contribution in [1.29, 1.82) is 0 Å². The van der Waals surface area contributed by atoms with Gasteiger partial charge in [-0.3, -0.25) is 0 Å². The molecule has 0 spiro atoms. The average Bonchev–Trinajstić information content (AvgIpc) is 3.11. The summed E-state index contributed by atoms with van der Waals surface area (Å²) in [6, 6.07) is 0.848.